The second-order valence-electron chi connectivity index (χ2n) is 5.98. The standard InChI is InChI=1S/C14H25NO3/c1-11(2)9-14(7-3-4-8-14)10-15-12(16)5-6-13(17)18/h11H,3-10H2,1-2H3,(H,15,16)(H,17,18). The van der Waals surface area contributed by atoms with Crippen molar-refractivity contribution in [1.82, 2.24) is 5.32 Å². The number of carboxylic acid groups (broad SMARTS) is 1. The predicted molar refractivity (Wildman–Crippen MR) is 70.2 cm³/mol. The van der Waals surface area contributed by atoms with Crippen molar-refractivity contribution in [1.29, 1.82) is 0 Å². The largest absolute Gasteiger partial charge is 0.481 e. The maximum atomic E-state index is 11.6. The zero-order chi connectivity index (χ0) is 13.6. The monoisotopic (exact) mass is 255 g/mol. The lowest BCUT2D eigenvalue weighted by Crippen LogP contribution is -2.37. The Bertz CT molecular complexity index is 293. The predicted octanol–water partition coefficient (Wildman–Crippen LogP) is 2.57. The summed E-state index contributed by atoms with van der Waals surface area (Å²) < 4.78 is 0. The molecule has 0 atom stereocenters. The van der Waals surface area contributed by atoms with E-state index in [1.165, 1.54) is 25.7 Å². The van der Waals surface area contributed by atoms with Gasteiger partial charge < -0.3 is 10.4 Å². The summed E-state index contributed by atoms with van der Waals surface area (Å²) in [6.45, 7) is 5.14. The van der Waals surface area contributed by atoms with Crippen molar-refractivity contribution < 1.29 is 14.7 Å². The van der Waals surface area contributed by atoms with Crippen LogP contribution in [0.2, 0.25) is 0 Å². The highest BCUT2D eigenvalue weighted by Gasteiger charge is 2.34. The van der Waals surface area contributed by atoms with Gasteiger partial charge in [-0.25, -0.2) is 0 Å². The van der Waals surface area contributed by atoms with Gasteiger partial charge in [-0.15, -0.1) is 0 Å². The van der Waals surface area contributed by atoms with Crippen LogP contribution in [0.15, 0.2) is 0 Å². The van der Waals surface area contributed by atoms with E-state index < -0.39 is 5.97 Å². The molecule has 2 N–H and O–H groups in total. The van der Waals surface area contributed by atoms with Gasteiger partial charge in [-0.1, -0.05) is 26.7 Å². The molecule has 1 fully saturated rings. The van der Waals surface area contributed by atoms with E-state index in [1.807, 2.05) is 0 Å². The molecule has 0 aliphatic heterocycles. The highest BCUT2D eigenvalue weighted by atomic mass is 16.4. The Kier molecular flexibility index (Phi) is 5.63. The number of hydrogen-bond acceptors (Lipinski definition) is 2. The van der Waals surface area contributed by atoms with Gasteiger partial charge in [0.2, 0.25) is 5.91 Å². The summed E-state index contributed by atoms with van der Waals surface area (Å²) in [5, 5.41) is 11.5. The summed E-state index contributed by atoms with van der Waals surface area (Å²) in [6.07, 6.45) is 6.02. The molecule has 0 saturated heterocycles. The molecular formula is C14H25NO3. The molecule has 0 radical (unpaired) electrons. The van der Waals surface area contributed by atoms with Crippen molar-refractivity contribution in [3.8, 4) is 0 Å². The van der Waals surface area contributed by atoms with Gasteiger partial charge in [0.25, 0.3) is 0 Å². The Morgan fingerprint density at radius 2 is 1.83 bits per heavy atom. The summed E-state index contributed by atoms with van der Waals surface area (Å²) in [4.78, 5) is 22.0. The fourth-order valence-corrected chi connectivity index (χ4v) is 3.04. The first-order valence-corrected chi connectivity index (χ1v) is 6.92. The number of rotatable bonds is 7. The van der Waals surface area contributed by atoms with Crippen LogP contribution in [0.25, 0.3) is 0 Å². The average molecular weight is 255 g/mol. The molecule has 104 valence electrons. The van der Waals surface area contributed by atoms with Gasteiger partial charge >= 0.3 is 5.97 Å². The summed E-state index contributed by atoms with van der Waals surface area (Å²) in [6, 6.07) is 0. The molecule has 0 aromatic rings. The van der Waals surface area contributed by atoms with Crippen LogP contribution in [0.4, 0.5) is 0 Å². The van der Waals surface area contributed by atoms with Gasteiger partial charge in [0.15, 0.2) is 0 Å². The van der Waals surface area contributed by atoms with Gasteiger partial charge in [-0.3, -0.25) is 9.59 Å². The lowest BCUT2D eigenvalue weighted by Gasteiger charge is -2.31. The van der Waals surface area contributed by atoms with Crippen LogP contribution in [0.3, 0.4) is 0 Å². The second-order valence-corrected chi connectivity index (χ2v) is 5.98. The van der Waals surface area contributed by atoms with E-state index in [-0.39, 0.29) is 24.2 Å². The molecule has 0 heterocycles. The SMILES string of the molecule is CC(C)CC1(CNC(=O)CCC(=O)O)CCCC1. The van der Waals surface area contributed by atoms with Crippen molar-refractivity contribution in [2.24, 2.45) is 11.3 Å². The van der Waals surface area contributed by atoms with Crippen molar-refractivity contribution >= 4 is 11.9 Å². The van der Waals surface area contributed by atoms with E-state index in [0.29, 0.717) is 12.5 Å². The molecule has 0 aromatic heterocycles. The van der Waals surface area contributed by atoms with Gasteiger partial charge in [0, 0.05) is 13.0 Å². The van der Waals surface area contributed by atoms with E-state index in [0.717, 1.165) is 6.42 Å². The molecule has 0 unspecified atom stereocenters. The summed E-state index contributed by atoms with van der Waals surface area (Å²) in [7, 11) is 0. The highest BCUT2D eigenvalue weighted by Crippen LogP contribution is 2.42. The maximum Gasteiger partial charge on any atom is 0.303 e. The lowest BCUT2D eigenvalue weighted by atomic mass is 9.78. The Hall–Kier alpha value is -1.06. The van der Waals surface area contributed by atoms with Gasteiger partial charge in [-0.05, 0) is 30.6 Å². The number of carbonyl (C=O) groups is 2. The summed E-state index contributed by atoms with van der Waals surface area (Å²) >= 11 is 0. The molecule has 1 amide bonds. The molecule has 1 saturated carbocycles. The smallest absolute Gasteiger partial charge is 0.303 e. The first-order chi connectivity index (χ1) is 8.43. The number of amides is 1. The second kappa shape index (κ2) is 6.76. The van der Waals surface area contributed by atoms with E-state index in [4.69, 9.17) is 5.11 Å². The van der Waals surface area contributed by atoms with Crippen molar-refractivity contribution in [3.05, 3.63) is 0 Å². The topological polar surface area (TPSA) is 66.4 Å². The molecule has 4 heteroatoms. The van der Waals surface area contributed by atoms with Crippen LogP contribution >= 0.6 is 0 Å². The van der Waals surface area contributed by atoms with E-state index in [1.54, 1.807) is 0 Å². The molecule has 1 aliphatic rings. The number of hydrogen-bond donors (Lipinski definition) is 2. The zero-order valence-electron chi connectivity index (χ0n) is 11.5. The fraction of sp³-hybridized carbons (Fsp3) is 0.857. The van der Waals surface area contributed by atoms with Crippen LogP contribution < -0.4 is 5.32 Å². The van der Waals surface area contributed by atoms with E-state index in [2.05, 4.69) is 19.2 Å². The maximum absolute atomic E-state index is 11.6. The molecular weight excluding hydrogens is 230 g/mol. The quantitative estimate of drug-likeness (QED) is 0.734. The number of aliphatic carboxylic acids is 1. The summed E-state index contributed by atoms with van der Waals surface area (Å²) in [5.74, 6) is -0.408. The van der Waals surface area contributed by atoms with Crippen LogP contribution in [0.1, 0.15) is 58.8 Å². The minimum atomic E-state index is -0.914. The van der Waals surface area contributed by atoms with Crippen molar-refractivity contribution in [3.63, 3.8) is 0 Å². The van der Waals surface area contributed by atoms with Crippen LogP contribution in [-0.4, -0.2) is 23.5 Å². The minimum absolute atomic E-state index is 0.0803. The Morgan fingerprint density at radius 3 is 2.33 bits per heavy atom. The van der Waals surface area contributed by atoms with Gasteiger partial charge in [0.05, 0.1) is 6.42 Å². The molecule has 18 heavy (non-hydrogen) atoms. The lowest BCUT2D eigenvalue weighted by molar-refractivity contribution is -0.138. The minimum Gasteiger partial charge on any atom is -0.481 e. The molecule has 1 rings (SSSR count). The number of carboxylic acids is 1. The third kappa shape index (κ3) is 5.07. The van der Waals surface area contributed by atoms with Crippen LogP contribution in [0.5, 0.6) is 0 Å². The Labute approximate surface area is 109 Å². The molecule has 0 spiro atoms. The first-order valence-electron chi connectivity index (χ1n) is 6.92. The Balaban J connectivity index is 2.38. The van der Waals surface area contributed by atoms with Gasteiger partial charge in [-0.2, -0.15) is 0 Å². The fourth-order valence-electron chi connectivity index (χ4n) is 3.04. The number of nitrogens with one attached hydrogen (secondary N) is 1. The van der Waals surface area contributed by atoms with Crippen LogP contribution in [0, 0.1) is 11.3 Å². The highest BCUT2D eigenvalue weighted by molar-refractivity contribution is 5.80. The van der Waals surface area contributed by atoms with Crippen molar-refractivity contribution in [2.75, 3.05) is 6.54 Å². The normalized spacial score (nSPS) is 17.9. The van der Waals surface area contributed by atoms with E-state index >= 15 is 0 Å². The van der Waals surface area contributed by atoms with Crippen molar-refractivity contribution in [2.45, 2.75) is 58.8 Å². The zero-order valence-corrected chi connectivity index (χ0v) is 11.5. The third-order valence-corrected chi connectivity index (χ3v) is 3.73. The van der Waals surface area contributed by atoms with Crippen LogP contribution in [-0.2, 0) is 9.59 Å². The molecule has 4 nitrogen and oxygen atoms in total. The van der Waals surface area contributed by atoms with Gasteiger partial charge in [0.1, 0.15) is 0 Å². The number of carbonyl (C=O) groups excluding carboxylic acids is 1. The third-order valence-electron chi connectivity index (χ3n) is 3.73. The first kappa shape index (κ1) is 15.0. The van der Waals surface area contributed by atoms with E-state index in [9.17, 15) is 9.59 Å². The summed E-state index contributed by atoms with van der Waals surface area (Å²) in [5.41, 5.74) is 0.257. The average Bonchev–Trinajstić information content (AvgIpc) is 2.71. The molecule has 0 bridgehead atoms. The molecule has 0 aromatic carbocycles. The Morgan fingerprint density at radius 1 is 1.22 bits per heavy atom. The molecule has 1 aliphatic carbocycles.